The molecular formula is C10H16BrN3O. The number of halogens is 1. The lowest BCUT2D eigenvalue weighted by molar-refractivity contribution is 0.183. The first-order chi connectivity index (χ1) is 7.09. The average Bonchev–Trinajstić information content (AvgIpc) is 2.14. The van der Waals surface area contributed by atoms with Gasteiger partial charge in [0.1, 0.15) is 5.82 Å². The molecule has 0 radical (unpaired) electrons. The van der Waals surface area contributed by atoms with E-state index in [0.29, 0.717) is 5.69 Å². The second-order valence-electron chi connectivity index (χ2n) is 3.52. The topological polar surface area (TPSA) is 71.2 Å². The van der Waals surface area contributed by atoms with Gasteiger partial charge in [0.25, 0.3) is 0 Å². The van der Waals surface area contributed by atoms with E-state index in [1.807, 2.05) is 6.07 Å². The minimum absolute atomic E-state index is 0.241. The van der Waals surface area contributed by atoms with Crippen LogP contribution in [0.25, 0.3) is 0 Å². The third kappa shape index (κ3) is 4.48. The normalized spacial score (nSPS) is 12.5. The molecule has 0 saturated heterocycles. The molecule has 0 saturated carbocycles. The van der Waals surface area contributed by atoms with Crippen LogP contribution in [-0.4, -0.2) is 22.7 Å². The first-order valence-corrected chi connectivity index (χ1v) is 5.72. The molecule has 1 aromatic heterocycles. The number of hydrogen-bond acceptors (Lipinski definition) is 4. The fourth-order valence-corrected chi connectivity index (χ4v) is 1.69. The number of nitrogens with two attached hydrogens (primary N) is 1. The molecule has 5 heteroatoms. The van der Waals surface area contributed by atoms with Gasteiger partial charge in [0.15, 0.2) is 0 Å². The van der Waals surface area contributed by atoms with Gasteiger partial charge in [-0.25, -0.2) is 4.98 Å². The van der Waals surface area contributed by atoms with Gasteiger partial charge in [-0.05, 0) is 41.8 Å². The van der Waals surface area contributed by atoms with Crippen molar-refractivity contribution >= 4 is 27.4 Å². The molecule has 0 amide bonds. The molecule has 1 unspecified atom stereocenters. The van der Waals surface area contributed by atoms with Crippen molar-refractivity contribution in [2.75, 3.05) is 17.6 Å². The zero-order valence-corrected chi connectivity index (χ0v) is 10.3. The number of hydrogen-bond donors (Lipinski definition) is 3. The predicted molar refractivity (Wildman–Crippen MR) is 65.8 cm³/mol. The number of anilines is 2. The molecule has 1 atom stereocenters. The summed E-state index contributed by atoms with van der Waals surface area (Å²) in [5.74, 6) is 0.787. The van der Waals surface area contributed by atoms with E-state index in [4.69, 9.17) is 10.8 Å². The Bertz CT molecular complexity index is 318. The van der Waals surface area contributed by atoms with Gasteiger partial charge in [0.05, 0.1) is 22.5 Å². The number of pyridine rings is 1. The van der Waals surface area contributed by atoms with Crippen molar-refractivity contribution in [1.29, 1.82) is 0 Å². The van der Waals surface area contributed by atoms with E-state index in [1.165, 1.54) is 0 Å². The molecular weight excluding hydrogens is 258 g/mol. The number of nitrogens with one attached hydrogen (secondary N) is 1. The lowest BCUT2D eigenvalue weighted by Gasteiger charge is -2.08. The summed E-state index contributed by atoms with van der Waals surface area (Å²) < 4.78 is 0.861. The molecule has 84 valence electrons. The first kappa shape index (κ1) is 12.3. The molecule has 15 heavy (non-hydrogen) atoms. The van der Waals surface area contributed by atoms with E-state index in [1.54, 1.807) is 13.1 Å². The molecule has 0 aliphatic heterocycles. The molecule has 4 N–H and O–H groups in total. The summed E-state index contributed by atoms with van der Waals surface area (Å²) in [7, 11) is 0. The van der Waals surface area contributed by atoms with E-state index in [-0.39, 0.29) is 6.10 Å². The molecule has 4 nitrogen and oxygen atoms in total. The van der Waals surface area contributed by atoms with Gasteiger partial charge in [-0.15, -0.1) is 0 Å². The minimum Gasteiger partial charge on any atom is -0.397 e. The van der Waals surface area contributed by atoms with Crippen LogP contribution in [0.15, 0.2) is 16.7 Å². The number of nitrogens with zero attached hydrogens (tertiary/aromatic N) is 1. The smallest absolute Gasteiger partial charge is 0.140 e. The number of aliphatic hydroxyl groups is 1. The van der Waals surface area contributed by atoms with Gasteiger partial charge in [0.2, 0.25) is 0 Å². The maximum absolute atomic E-state index is 9.07. The number of aliphatic hydroxyl groups excluding tert-OH is 1. The van der Waals surface area contributed by atoms with Gasteiger partial charge in [-0.2, -0.15) is 0 Å². The van der Waals surface area contributed by atoms with Crippen molar-refractivity contribution in [3.8, 4) is 0 Å². The zero-order chi connectivity index (χ0) is 11.3. The average molecular weight is 274 g/mol. The van der Waals surface area contributed by atoms with Crippen LogP contribution in [0, 0.1) is 0 Å². The van der Waals surface area contributed by atoms with Gasteiger partial charge in [0, 0.05) is 6.54 Å². The van der Waals surface area contributed by atoms with E-state index in [9.17, 15) is 0 Å². The van der Waals surface area contributed by atoms with E-state index in [2.05, 4.69) is 26.2 Å². The molecule has 1 aromatic rings. The molecule has 0 aliphatic carbocycles. The summed E-state index contributed by atoms with van der Waals surface area (Å²) in [6.07, 6.45) is 3.08. The maximum Gasteiger partial charge on any atom is 0.140 e. The largest absolute Gasteiger partial charge is 0.397 e. The van der Waals surface area contributed by atoms with Crippen LogP contribution in [0.2, 0.25) is 0 Å². The van der Waals surface area contributed by atoms with Crippen LogP contribution in [0.3, 0.4) is 0 Å². The van der Waals surface area contributed by atoms with Crippen molar-refractivity contribution in [3.05, 3.63) is 16.7 Å². The molecule has 0 spiro atoms. The van der Waals surface area contributed by atoms with Crippen LogP contribution in [0.5, 0.6) is 0 Å². The van der Waals surface area contributed by atoms with Crippen LogP contribution in [0.4, 0.5) is 11.5 Å². The highest BCUT2D eigenvalue weighted by atomic mass is 79.9. The van der Waals surface area contributed by atoms with E-state index in [0.717, 1.165) is 29.7 Å². The van der Waals surface area contributed by atoms with Crippen LogP contribution >= 0.6 is 15.9 Å². The number of nitrogen functional groups attached to an aromatic ring is 1. The highest BCUT2D eigenvalue weighted by Gasteiger charge is 2.01. The third-order valence-corrected chi connectivity index (χ3v) is 2.56. The van der Waals surface area contributed by atoms with Gasteiger partial charge in [-0.3, -0.25) is 0 Å². The molecule has 0 bridgehead atoms. The fourth-order valence-electron chi connectivity index (χ4n) is 1.19. The first-order valence-electron chi connectivity index (χ1n) is 4.92. The summed E-state index contributed by atoms with van der Waals surface area (Å²) >= 11 is 3.37. The van der Waals surface area contributed by atoms with E-state index < -0.39 is 0 Å². The summed E-state index contributed by atoms with van der Waals surface area (Å²) in [6.45, 7) is 2.58. The Morgan fingerprint density at radius 2 is 2.40 bits per heavy atom. The molecule has 1 heterocycles. The Hall–Kier alpha value is -0.810. The second-order valence-corrected chi connectivity index (χ2v) is 4.37. The van der Waals surface area contributed by atoms with E-state index >= 15 is 0 Å². The Kier molecular flexibility index (Phi) is 4.84. The quantitative estimate of drug-likeness (QED) is 0.718. The van der Waals surface area contributed by atoms with Crippen molar-refractivity contribution in [2.24, 2.45) is 0 Å². The molecule has 1 rings (SSSR count). The third-order valence-electron chi connectivity index (χ3n) is 1.95. The van der Waals surface area contributed by atoms with Crippen molar-refractivity contribution in [3.63, 3.8) is 0 Å². The monoisotopic (exact) mass is 273 g/mol. The Morgan fingerprint density at radius 3 is 3.00 bits per heavy atom. The maximum atomic E-state index is 9.07. The predicted octanol–water partition coefficient (Wildman–Crippen LogP) is 2.00. The lowest BCUT2D eigenvalue weighted by Crippen LogP contribution is -2.08. The van der Waals surface area contributed by atoms with Crippen LogP contribution in [0.1, 0.15) is 19.8 Å². The number of rotatable bonds is 5. The van der Waals surface area contributed by atoms with Crippen molar-refractivity contribution < 1.29 is 5.11 Å². The van der Waals surface area contributed by atoms with Crippen LogP contribution in [-0.2, 0) is 0 Å². The van der Waals surface area contributed by atoms with Gasteiger partial charge < -0.3 is 16.2 Å². The Balaban J connectivity index is 2.37. The lowest BCUT2D eigenvalue weighted by atomic mass is 10.2. The summed E-state index contributed by atoms with van der Waals surface area (Å²) in [4.78, 5) is 4.15. The summed E-state index contributed by atoms with van der Waals surface area (Å²) in [6, 6.07) is 1.81. The molecule has 0 fully saturated rings. The zero-order valence-electron chi connectivity index (χ0n) is 8.70. The van der Waals surface area contributed by atoms with Crippen molar-refractivity contribution in [1.82, 2.24) is 4.98 Å². The fraction of sp³-hybridized carbons (Fsp3) is 0.500. The Labute approximate surface area is 98.0 Å². The van der Waals surface area contributed by atoms with Crippen LogP contribution < -0.4 is 11.1 Å². The highest BCUT2D eigenvalue weighted by Crippen LogP contribution is 2.21. The Morgan fingerprint density at radius 1 is 1.67 bits per heavy atom. The highest BCUT2D eigenvalue weighted by molar-refractivity contribution is 9.10. The molecule has 0 aromatic carbocycles. The number of aromatic nitrogens is 1. The minimum atomic E-state index is -0.241. The standard InChI is InChI=1S/C10H16BrN3O/c1-7(15)3-2-4-13-10-9(11)5-8(12)6-14-10/h5-7,15H,2-4,12H2,1H3,(H,13,14). The van der Waals surface area contributed by atoms with Crippen molar-refractivity contribution in [2.45, 2.75) is 25.9 Å². The van der Waals surface area contributed by atoms with Gasteiger partial charge in [-0.1, -0.05) is 0 Å². The molecule has 0 aliphatic rings. The SMILES string of the molecule is CC(O)CCCNc1ncc(N)cc1Br. The second kappa shape index (κ2) is 5.92. The van der Waals surface area contributed by atoms with Gasteiger partial charge >= 0.3 is 0 Å². The summed E-state index contributed by atoms with van der Waals surface area (Å²) in [5, 5.41) is 12.2. The summed E-state index contributed by atoms with van der Waals surface area (Å²) in [5.41, 5.74) is 6.20.